The van der Waals surface area contributed by atoms with Crippen LogP contribution in [0.3, 0.4) is 0 Å². The van der Waals surface area contributed by atoms with E-state index in [4.69, 9.17) is 0 Å². The number of rotatable bonds is 8. The van der Waals surface area contributed by atoms with Crippen LogP contribution in [0, 0.1) is 0 Å². The first-order chi connectivity index (χ1) is 7.81. The van der Waals surface area contributed by atoms with Gasteiger partial charge in [-0.1, -0.05) is 27.2 Å². The zero-order valence-corrected chi connectivity index (χ0v) is 10.9. The average molecular weight is 223 g/mol. The van der Waals surface area contributed by atoms with E-state index in [1.165, 1.54) is 31.5 Å². The standard InChI is InChI=1S/C13H25N3/c1-4-7-9-16-10-8-14-13(16)11-15-12(5-2)6-3/h8,10,12,15H,4-7,9,11H2,1-3H3. The van der Waals surface area contributed by atoms with Crippen LogP contribution >= 0.6 is 0 Å². The van der Waals surface area contributed by atoms with E-state index in [1.807, 2.05) is 6.20 Å². The number of nitrogens with zero attached hydrogens (tertiary/aromatic N) is 2. The Balaban J connectivity index is 2.43. The van der Waals surface area contributed by atoms with Crippen LogP contribution in [0.15, 0.2) is 12.4 Å². The molecule has 1 aromatic rings. The molecule has 1 rings (SSSR count). The lowest BCUT2D eigenvalue weighted by Gasteiger charge is -2.15. The second-order valence-corrected chi connectivity index (χ2v) is 4.28. The Kier molecular flexibility index (Phi) is 6.16. The summed E-state index contributed by atoms with van der Waals surface area (Å²) in [6, 6.07) is 0.622. The molecule has 1 heterocycles. The van der Waals surface area contributed by atoms with E-state index in [0.29, 0.717) is 6.04 Å². The van der Waals surface area contributed by atoms with Gasteiger partial charge in [0.1, 0.15) is 5.82 Å². The van der Waals surface area contributed by atoms with Crippen LogP contribution in [0.2, 0.25) is 0 Å². The summed E-state index contributed by atoms with van der Waals surface area (Å²) >= 11 is 0. The van der Waals surface area contributed by atoms with Crippen LogP contribution in [0.4, 0.5) is 0 Å². The summed E-state index contributed by atoms with van der Waals surface area (Å²) in [5.41, 5.74) is 0. The molecule has 1 aromatic heterocycles. The predicted molar refractivity (Wildman–Crippen MR) is 68.3 cm³/mol. The van der Waals surface area contributed by atoms with Crippen LogP contribution in [-0.2, 0) is 13.1 Å². The fraction of sp³-hybridized carbons (Fsp3) is 0.769. The quantitative estimate of drug-likeness (QED) is 0.734. The summed E-state index contributed by atoms with van der Waals surface area (Å²) in [5, 5.41) is 3.55. The van der Waals surface area contributed by atoms with Gasteiger partial charge in [-0.15, -0.1) is 0 Å². The molecule has 3 heteroatoms. The average Bonchev–Trinajstić information content (AvgIpc) is 2.75. The summed E-state index contributed by atoms with van der Waals surface area (Å²) in [4.78, 5) is 4.41. The minimum Gasteiger partial charge on any atom is -0.334 e. The molecule has 0 atom stereocenters. The minimum atomic E-state index is 0.622. The normalized spacial score (nSPS) is 11.2. The molecule has 0 aliphatic carbocycles. The number of hydrogen-bond acceptors (Lipinski definition) is 2. The highest BCUT2D eigenvalue weighted by Gasteiger charge is 2.05. The second kappa shape index (κ2) is 7.44. The molecule has 92 valence electrons. The maximum atomic E-state index is 4.41. The highest BCUT2D eigenvalue weighted by atomic mass is 15.1. The maximum absolute atomic E-state index is 4.41. The van der Waals surface area contributed by atoms with Crippen molar-refractivity contribution in [2.45, 2.75) is 65.6 Å². The van der Waals surface area contributed by atoms with Crippen LogP contribution in [0.1, 0.15) is 52.3 Å². The Morgan fingerprint density at radius 1 is 1.31 bits per heavy atom. The van der Waals surface area contributed by atoms with Gasteiger partial charge in [0.2, 0.25) is 0 Å². The fourth-order valence-corrected chi connectivity index (χ4v) is 1.85. The van der Waals surface area contributed by atoms with Crippen molar-refractivity contribution in [2.75, 3.05) is 0 Å². The van der Waals surface area contributed by atoms with Gasteiger partial charge in [0.05, 0.1) is 6.54 Å². The number of hydrogen-bond donors (Lipinski definition) is 1. The van der Waals surface area contributed by atoms with Gasteiger partial charge in [-0.2, -0.15) is 0 Å². The first kappa shape index (κ1) is 13.2. The Bertz CT molecular complexity index is 276. The number of imidazole rings is 1. The molecule has 3 nitrogen and oxygen atoms in total. The Hall–Kier alpha value is -0.830. The lowest BCUT2D eigenvalue weighted by Crippen LogP contribution is -2.28. The molecular formula is C13H25N3. The van der Waals surface area contributed by atoms with E-state index in [9.17, 15) is 0 Å². The third-order valence-corrected chi connectivity index (χ3v) is 3.09. The van der Waals surface area contributed by atoms with Crippen LogP contribution in [-0.4, -0.2) is 15.6 Å². The number of unbranched alkanes of at least 4 members (excludes halogenated alkanes) is 1. The fourth-order valence-electron chi connectivity index (χ4n) is 1.85. The van der Waals surface area contributed by atoms with Crippen molar-refractivity contribution in [3.63, 3.8) is 0 Å². The summed E-state index contributed by atoms with van der Waals surface area (Å²) in [5.74, 6) is 1.17. The van der Waals surface area contributed by atoms with E-state index in [0.717, 1.165) is 13.1 Å². The third-order valence-electron chi connectivity index (χ3n) is 3.09. The molecule has 0 radical (unpaired) electrons. The van der Waals surface area contributed by atoms with E-state index >= 15 is 0 Å². The molecule has 0 bridgehead atoms. The molecule has 1 N–H and O–H groups in total. The lowest BCUT2D eigenvalue weighted by molar-refractivity contribution is 0.464. The van der Waals surface area contributed by atoms with Crippen molar-refractivity contribution < 1.29 is 0 Å². The molecular weight excluding hydrogens is 198 g/mol. The van der Waals surface area contributed by atoms with Crippen molar-refractivity contribution in [3.05, 3.63) is 18.2 Å². The number of nitrogens with one attached hydrogen (secondary N) is 1. The van der Waals surface area contributed by atoms with E-state index in [1.54, 1.807) is 0 Å². The van der Waals surface area contributed by atoms with E-state index in [2.05, 4.69) is 41.8 Å². The Morgan fingerprint density at radius 2 is 2.06 bits per heavy atom. The molecule has 0 saturated heterocycles. The van der Waals surface area contributed by atoms with Gasteiger partial charge >= 0.3 is 0 Å². The highest BCUT2D eigenvalue weighted by Crippen LogP contribution is 2.03. The molecule has 0 amide bonds. The van der Waals surface area contributed by atoms with Crippen molar-refractivity contribution in [2.24, 2.45) is 0 Å². The van der Waals surface area contributed by atoms with E-state index < -0.39 is 0 Å². The number of aryl methyl sites for hydroxylation is 1. The molecule has 0 aliphatic heterocycles. The first-order valence-electron chi connectivity index (χ1n) is 6.55. The summed E-state index contributed by atoms with van der Waals surface area (Å²) in [6.45, 7) is 8.66. The highest BCUT2D eigenvalue weighted by molar-refractivity contribution is 4.92. The van der Waals surface area contributed by atoms with Crippen molar-refractivity contribution >= 4 is 0 Å². The van der Waals surface area contributed by atoms with Crippen LogP contribution < -0.4 is 5.32 Å². The van der Waals surface area contributed by atoms with Crippen molar-refractivity contribution in [1.29, 1.82) is 0 Å². The minimum absolute atomic E-state index is 0.622. The molecule has 16 heavy (non-hydrogen) atoms. The SMILES string of the molecule is CCCCn1ccnc1CNC(CC)CC. The zero-order valence-electron chi connectivity index (χ0n) is 10.9. The molecule has 0 spiro atoms. The zero-order chi connectivity index (χ0) is 11.8. The van der Waals surface area contributed by atoms with Crippen molar-refractivity contribution in [1.82, 2.24) is 14.9 Å². The monoisotopic (exact) mass is 223 g/mol. The molecule has 0 unspecified atom stereocenters. The van der Waals surface area contributed by atoms with Gasteiger partial charge in [-0.05, 0) is 19.3 Å². The van der Waals surface area contributed by atoms with Gasteiger partial charge in [-0.3, -0.25) is 0 Å². The third kappa shape index (κ3) is 3.97. The summed E-state index contributed by atoms with van der Waals surface area (Å²) in [7, 11) is 0. The van der Waals surface area contributed by atoms with Gasteiger partial charge in [0.25, 0.3) is 0 Å². The van der Waals surface area contributed by atoms with Gasteiger partial charge in [0, 0.05) is 25.0 Å². The topological polar surface area (TPSA) is 29.9 Å². The molecule has 0 aliphatic rings. The predicted octanol–water partition coefficient (Wildman–Crippen LogP) is 2.96. The maximum Gasteiger partial charge on any atom is 0.122 e. The lowest BCUT2D eigenvalue weighted by atomic mass is 10.2. The van der Waals surface area contributed by atoms with Gasteiger partial charge in [0.15, 0.2) is 0 Å². The largest absolute Gasteiger partial charge is 0.334 e. The van der Waals surface area contributed by atoms with Crippen LogP contribution in [0.5, 0.6) is 0 Å². The first-order valence-corrected chi connectivity index (χ1v) is 6.55. The molecule has 0 fully saturated rings. The Morgan fingerprint density at radius 3 is 2.69 bits per heavy atom. The van der Waals surface area contributed by atoms with Crippen molar-refractivity contribution in [3.8, 4) is 0 Å². The van der Waals surface area contributed by atoms with Gasteiger partial charge < -0.3 is 9.88 Å². The molecule has 0 aromatic carbocycles. The smallest absolute Gasteiger partial charge is 0.122 e. The van der Waals surface area contributed by atoms with E-state index in [-0.39, 0.29) is 0 Å². The summed E-state index contributed by atoms with van der Waals surface area (Å²) in [6.07, 6.45) is 8.82. The Labute approximate surface area is 99.3 Å². The van der Waals surface area contributed by atoms with Crippen LogP contribution in [0.25, 0.3) is 0 Å². The van der Waals surface area contributed by atoms with Gasteiger partial charge in [-0.25, -0.2) is 4.98 Å². The second-order valence-electron chi connectivity index (χ2n) is 4.28. The molecule has 0 saturated carbocycles. The number of aromatic nitrogens is 2. The summed E-state index contributed by atoms with van der Waals surface area (Å²) < 4.78 is 2.26.